The molecule has 0 radical (unpaired) electrons. The first-order chi connectivity index (χ1) is 13.4. The standard InChI is InChI=1S/C21H23ClFN3O2/c1-15(24-20(27)16-5-3-2-4-6-16)21(28)26-11-9-25(10-12-26)14-17-7-8-18(23)13-19(17)22/h2-8,13,15H,9-12,14H2,1H3,(H,24,27). The Balaban J connectivity index is 1.49. The summed E-state index contributed by atoms with van der Waals surface area (Å²) in [5.74, 6) is -0.703. The smallest absolute Gasteiger partial charge is 0.251 e. The van der Waals surface area contributed by atoms with Crippen molar-refractivity contribution in [3.63, 3.8) is 0 Å². The van der Waals surface area contributed by atoms with E-state index in [1.54, 1.807) is 42.2 Å². The number of benzene rings is 2. The van der Waals surface area contributed by atoms with Crippen molar-refractivity contribution in [3.8, 4) is 0 Å². The molecule has 0 aliphatic carbocycles. The molecule has 1 heterocycles. The van der Waals surface area contributed by atoms with Crippen molar-refractivity contribution < 1.29 is 14.0 Å². The molecule has 7 heteroatoms. The van der Waals surface area contributed by atoms with Crippen LogP contribution in [0.4, 0.5) is 4.39 Å². The van der Waals surface area contributed by atoms with Crippen molar-refractivity contribution >= 4 is 23.4 Å². The summed E-state index contributed by atoms with van der Waals surface area (Å²) >= 11 is 6.10. The lowest BCUT2D eigenvalue weighted by Gasteiger charge is -2.36. The van der Waals surface area contributed by atoms with Gasteiger partial charge in [0, 0.05) is 43.3 Å². The van der Waals surface area contributed by atoms with Gasteiger partial charge in [-0.25, -0.2) is 4.39 Å². The Hall–Kier alpha value is -2.44. The summed E-state index contributed by atoms with van der Waals surface area (Å²) in [7, 11) is 0. The molecule has 5 nitrogen and oxygen atoms in total. The first kappa shape index (κ1) is 20.3. The number of rotatable bonds is 5. The van der Waals surface area contributed by atoms with Gasteiger partial charge in [0.2, 0.25) is 5.91 Å². The number of carbonyl (C=O) groups is 2. The molecular formula is C21H23ClFN3O2. The molecule has 0 spiro atoms. The number of piperazine rings is 1. The zero-order valence-electron chi connectivity index (χ0n) is 15.7. The van der Waals surface area contributed by atoms with Crippen molar-refractivity contribution in [2.45, 2.75) is 19.5 Å². The number of nitrogens with zero attached hydrogens (tertiary/aromatic N) is 2. The monoisotopic (exact) mass is 403 g/mol. The minimum Gasteiger partial charge on any atom is -0.341 e. The molecule has 28 heavy (non-hydrogen) atoms. The fourth-order valence-corrected chi connectivity index (χ4v) is 3.45. The molecular weight excluding hydrogens is 381 g/mol. The highest BCUT2D eigenvalue weighted by Crippen LogP contribution is 2.20. The maximum absolute atomic E-state index is 13.2. The minimum atomic E-state index is -0.592. The van der Waals surface area contributed by atoms with Gasteiger partial charge in [0.05, 0.1) is 0 Å². The maximum atomic E-state index is 13.2. The predicted octanol–water partition coefficient (Wildman–Crippen LogP) is 2.94. The average molecular weight is 404 g/mol. The molecule has 1 aliphatic rings. The summed E-state index contributed by atoms with van der Waals surface area (Å²) < 4.78 is 13.2. The Kier molecular flexibility index (Phi) is 6.65. The molecule has 1 unspecified atom stereocenters. The highest BCUT2D eigenvalue weighted by molar-refractivity contribution is 6.31. The van der Waals surface area contributed by atoms with E-state index >= 15 is 0 Å². The molecule has 148 valence electrons. The molecule has 1 atom stereocenters. The molecule has 2 aromatic carbocycles. The summed E-state index contributed by atoms with van der Waals surface area (Å²) in [6, 6.07) is 12.7. The van der Waals surface area contributed by atoms with Crippen LogP contribution in [0.3, 0.4) is 0 Å². The van der Waals surface area contributed by atoms with Gasteiger partial charge in [-0.05, 0) is 36.8 Å². The summed E-state index contributed by atoms with van der Waals surface area (Å²) in [4.78, 5) is 28.8. The van der Waals surface area contributed by atoms with Crippen LogP contribution in [0.2, 0.25) is 5.02 Å². The third-order valence-corrected chi connectivity index (χ3v) is 5.20. The summed E-state index contributed by atoms with van der Waals surface area (Å²) in [5, 5.41) is 3.17. The topological polar surface area (TPSA) is 52.7 Å². The van der Waals surface area contributed by atoms with Crippen molar-refractivity contribution in [2.24, 2.45) is 0 Å². The van der Waals surface area contributed by atoms with Crippen LogP contribution in [0, 0.1) is 5.82 Å². The Morgan fingerprint density at radius 2 is 1.79 bits per heavy atom. The zero-order chi connectivity index (χ0) is 20.1. The molecule has 1 fully saturated rings. The van der Waals surface area contributed by atoms with E-state index in [9.17, 15) is 14.0 Å². The molecule has 0 aromatic heterocycles. The average Bonchev–Trinajstić information content (AvgIpc) is 2.70. The lowest BCUT2D eigenvalue weighted by molar-refractivity contribution is -0.134. The third-order valence-electron chi connectivity index (χ3n) is 4.85. The molecule has 1 aliphatic heterocycles. The van der Waals surface area contributed by atoms with Gasteiger partial charge in [-0.2, -0.15) is 0 Å². The number of nitrogens with one attached hydrogen (secondary N) is 1. The van der Waals surface area contributed by atoms with Gasteiger partial charge in [0.25, 0.3) is 5.91 Å². The van der Waals surface area contributed by atoms with Crippen LogP contribution in [0.15, 0.2) is 48.5 Å². The normalized spacial score (nSPS) is 15.9. The van der Waals surface area contributed by atoms with E-state index in [4.69, 9.17) is 11.6 Å². The van der Waals surface area contributed by atoms with Crippen LogP contribution >= 0.6 is 11.6 Å². The Morgan fingerprint density at radius 1 is 1.11 bits per heavy atom. The van der Waals surface area contributed by atoms with Gasteiger partial charge in [-0.1, -0.05) is 35.9 Å². The highest BCUT2D eigenvalue weighted by atomic mass is 35.5. The van der Waals surface area contributed by atoms with Gasteiger partial charge in [0.1, 0.15) is 11.9 Å². The van der Waals surface area contributed by atoms with E-state index in [-0.39, 0.29) is 17.6 Å². The Bertz CT molecular complexity index is 839. The Morgan fingerprint density at radius 3 is 2.43 bits per heavy atom. The quantitative estimate of drug-likeness (QED) is 0.835. The summed E-state index contributed by atoms with van der Waals surface area (Å²) in [6.07, 6.45) is 0. The van der Waals surface area contributed by atoms with E-state index < -0.39 is 6.04 Å². The van der Waals surface area contributed by atoms with E-state index in [2.05, 4.69) is 10.2 Å². The Labute approximate surface area is 169 Å². The van der Waals surface area contributed by atoms with Crippen molar-refractivity contribution in [2.75, 3.05) is 26.2 Å². The van der Waals surface area contributed by atoms with Gasteiger partial charge < -0.3 is 10.2 Å². The van der Waals surface area contributed by atoms with E-state index in [1.165, 1.54) is 12.1 Å². The molecule has 2 amide bonds. The molecule has 2 aromatic rings. The van der Waals surface area contributed by atoms with Crippen LogP contribution in [0.25, 0.3) is 0 Å². The second-order valence-electron chi connectivity index (χ2n) is 6.90. The van der Waals surface area contributed by atoms with Crippen LogP contribution in [-0.4, -0.2) is 53.8 Å². The second kappa shape index (κ2) is 9.17. The van der Waals surface area contributed by atoms with Crippen LogP contribution in [-0.2, 0) is 11.3 Å². The van der Waals surface area contributed by atoms with Gasteiger partial charge in [-0.3, -0.25) is 14.5 Å². The van der Waals surface area contributed by atoms with Crippen molar-refractivity contribution in [1.82, 2.24) is 15.1 Å². The van der Waals surface area contributed by atoms with E-state index in [1.807, 2.05) is 6.07 Å². The van der Waals surface area contributed by atoms with Crippen LogP contribution in [0.1, 0.15) is 22.8 Å². The van der Waals surface area contributed by atoms with Gasteiger partial charge in [0.15, 0.2) is 0 Å². The first-order valence-corrected chi connectivity index (χ1v) is 9.63. The van der Waals surface area contributed by atoms with Gasteiger partial charge in [-0.15, -0.1) is 0 Å². The number of halogens is 2. The molecule has 0 bridgehead atoms. The lowest BCUT2D eigenvalue weighted by Crippen LogP contribution is -2.53. The molecule has 1 saturated heterocycles. The minimum absolute atomic E-state index is 0.0938. The second-order valence-corrected chi connectivity index (χ2v) is 7.31. The lowest BCUT2D eigenvalue weighted by atomic mass is 10.1. The van der Waals surface area contributed by atoms with E-state index in [0.29, 0.717) is 43.3 Å². The van der Waals surface area contributed by atoms with E-state index in [0.717, 1.165) is 5.56 Å². The van der Waals surface area contributed by atoms with Crippen molar-refractivity contribution in [1.29, 1.82) is 0 Å². The highest BCUT2D eigenvalue weighted by Gasteiger charge is 2.26. The fourth-order valence-electron chi connectivity index (χ4n) is 3.22. The van der Waals surface area contributed by atoms with Crippen LogP contribution < -0.4 is 5.32 Å². The molecule has 1 N–H and O–H groups in total. The number of hydrogen-bond acceptors (Lipinski definition) is 3. The number of carbonyl (C=O) groups excluding carboxylic acids is 2. The summed E-state index contributed by atoms with van der Waals surface area (Å²) in [6.45, 7) is 4.85. The van der Waals surface area contributed by atoms with Crippen LogP contribution in [0.5, 0.6) is 0 Å². The zero-order valence-corrected chi connectivity index (χ0v) is 16.5. The number of hydrogen-bond donors (Lipinski definition) is 1. The van der Waals surface area contributed by atoms with Crippen molar-refractivity contribution in [3.05, 3.63) is 70.5 Å². The molecule has 3 rings (SSSR count). The third kappa shape index (κ3) is 5.09. The molecule has 0 saturated carbocycles. The maximum Gasteiger partial charge on any atom is 0.251 e. The number of amides is 2. The first-order valence-electron chi connectivity index (χ1n) is 9.25. The predicted molar refractivity (Wildman–Crippen MR) is 107 cm³/mol. The largest absolute Gasteiger partial charge is 0.341 e. The SMILES string of the molecule is CC(NC(=O)c1ccccc1)C(=O)N1CCN(Cc2ccc(F)cc2Cl)CC1. The fraction of sp³-hybridized carbons (Fsp3) is 0.333. The van der Waals surface area contributed by atoms with Gasteiger partial charge >= 0.3 is 0 Å². The summed E-state index contributed by atoms with van der Waals surface area (Å²) in [5.41, 5.74) is 1.40.